The van der Waals surface area contributed by atoms with Gasteiger partial charge in [0.1, 0.15) is 30.4 Å². The Bertz CT molecular complexity index is 918. The fourth-order valence-corrected chi connectivity index (χ4v) is 2.66. The molecule has 0 saturated heterocycles. The number of nitrogens with one attached hydrogen (secondary N) is 5. The van der Waals surface area contributed by atoms with Crippen molar-refractivity contribution in [2.24, 2.45) is 0 Å². The molecule has 13 nitrogen and oxygen atoms in total. The van der Waals surface area contributed by atoms with Crippen molar-refractivity contribution >= 4 is 35.5 Å². The lowest BCUT2D eigenvalue weighted by Crippen LogP contribution is -2.55. The van der Waals surface area contributed by atoms with Gasteiger partial charge in [-0.3, -0.25) is 28.8 Å². The third-order valence-corrected chi connectivity index (χ3v) is 4.43. The molecular formula is C21H29N5O8. The molecule has 7 N–H and O–H groups in total. The monoisotopic (exact) mass is 479 g/mol. The molecule has 0 saturated carbocycles. The summed E-state index contributed by atoms with van der Waals surface area (Å²) in [5, 5.41) is 29.6. The zero-order valence-electron chi connectivity index (χ0n) is 19.0. The Morgan fingerprint density at radius 3 is 1.91 bits per heavy atom. The topological polar surface area (TPSA) is 203 Å². The standard InChI is InChI=1S/C21H29N5O8/c1-11(19(32)23-9-17(29)22-10-18(30)31)24-20(33)12(2)25-21(34)16(26-13(3)27)8-14-4-6-15(28)7-5-14/h4-7,11-12,16,28H,8-10H2,1-3H3,(H,22,29)(H,23,32)(H,24,33)(H,25,34)(H,26,27)(H,30,31)/t11-,12-,16-/m0/s1. The van der Waals surface area contributed by atoms with Gasteiger partial charge in [-0.05, 0) is 31.5 Å². The van der Waals surface area contributed by atoms with Crippen LogP contribution in [0.2, 0.25) is 0 Å². The largest absolute Gasteiger partial charge is 0.508 e. The molecule has 13 heteroatoms. The van der Waals surface area contributed by atoms with E-state index in [0.717, 1.165) is 0 Å². The van der Waals surface area contributed by atoms with Crippen LogP contribution in [0.25, 0.3) is 0 Å². The van der Waals surface area contributed by atoms with Gasteiger partial charge in [0.05, 0.1) is 6.54 Å². The van der Waals surface area contributed by atoms with Gasteiger partial charge in [-0.15, -0.1) is 0 Å². The first-order chi connectivity index (χ1) is 15.9. The summed E-state index contributed by atoms with van der Waals surface area (Å²) in [6.07, 6.45) is 0.114. The highest BCUT2D eigenvalue weighted by molar-refractivity contribution is 5.94. The summed E-state index contributed by atoms with van der Waals surface area (Å²) in [5.74, 6) is -4.36. The van der Waals surface area contributed by atoms with E-state index in [2.05, 4.69) is 26.6 Å². The van der Waals surface area contributed by atoms with Crippen LogP contribution >= 0.6 is 0 Å². The number of carboxylic acid groups (broad SMARTS) is 1. The van der Waals surface area contributed by atoms with Crippen LogP contribution in [-0.4, -0.2) is 76.9 Å². The summed E-state index contributed by atoms with van der Waals surface area (Å²) >= 11 is 0. The molecule has 0 spiro atoms. The van der Waals surface area contributed by atoms with Crippen LogP contribution in [0.1, 0.15) is 26.3 Å². The Morgan fingerprint density at radius 2 is 1.35 bits per heavy atom. The number of aromatic hydroxyl groups is 1. The third-order valence-electron chi connectivity index (χ3n) is 4.43. The highest BCUT2D eigenvalue weighted by Crippen LogP contribution is 2.11. The minimum atomic E-state index is -1.24. The number of benzene rings is 1. The second kappa shape index (κ2) is 13.4. The van der Waals surface area contributed by atoms with Crippen molar-refractivity contribution in [3.8, 4) is 5.75 Å². The molecule has 1 rings (SSSR count). The van der Waals surface area contributed by atoms with Crippen LogP contribution in [0.15, 0.2) is 24.3 Å². The molecular weight excluding hydrogens is 450 g/mol. The van der Waals surface area contributed by atoms with E-state index >= 15 is 0 Å². The number of phenolic OH excluding ortho intramolecular Hbond substituents is 1. The lowest BCUT2D eigenvalue weighted by atomic mass is 10.0. The first-order valence-electron chi connectivity index (χ1n) is 10.3. The molecule has 0 aliphatic rings. The summed E-state index contributed by atoms with van der Waals surface area (Å²) < 4.78 is 0. The lowest BCUT2D eigenvalue weighted by molar-refractivity contribution is -0.138. The molecule has 0 aromatic heterocycles. The quantitative estimate of drug-likeness (QED) is 0.174. The molecule has 5 amide bonds. The van der Waals surface area contributed by atoms with Crippen molar-refractivity contribution in [1.82, 2.24) is 26.6 Å². The van der Waals surface area contributed by atoms with Crippen LogP contribution in [0, 0.1) is 0 Å². The summed E-state index contributed by atoms with van der Waals surface area (Å²) in [6.45, 7) is 2.93. The van der Waals surface area contributed by atoms with Crippen LogP contribution in [-0.2, 0) is 35.2 Å². The Labute approximate surface area is 195 Å². The van der Waals surface area contributed by atoms with Crippen molar-refractivity contribution in [3.05, 3.63) is 29.8 Å². The SMILES string of the molecule is CC(=O)N[C@@H](Cc1ccc(O)cc1)C(=O)N[C@@H](C)C(=O)N[C@@H](C)C(=O)NCC(=O)NCC(=O)O. The number of hydrogen-bond acceptors (Lipinski definition) is 7. The van der Waals surface area contributed by atoms with Crippen molar-refractivity contribution < 1.29 is 39.0 Å². The molecule has 0 fully saturated rings. The minimum Gasteiger partial charge on any atom is -0.508 e. The van der Waals surface area contributed by atoms with Gasteiger partial charge in [0, 0.05) is 13.3 Å². The van der Waals surface area contributed by atoms with Gasteiger partial charge in [0.15, 0.2) is 0 Å². The second-order valence-electron chi connectivity index (χ2n) is 7.47. The number of rotatable bonds is 12. The van der Waals surface area contributed by atoms with Crippen LogP contribution in [0.4, 0.5) is 0 Å². The van der Waals surface area contributed by atoms with Gasteiger partial charge < -0.3 is 36.8 Å². The second-order valence-corrected chi connectivity index (χ2v) is 7.47. The van der Waals surface area contributed by atoms with Gasteiger partial charge in [0.2, 0.25) is 29.5 Å². The average molecular weight is 479 g/mol. The number of carboxylic acids is 1. The third kappa shape index (κ3) is 10.4. The van der Waals surface area contributed by atoms with Gasteiger partial charge in [-0.2, -0.15) is 0 Å². The van der Waals surface area contributed by atoms with Crippen molar-refractivity contribution in [2.45, 2.75) is 45.3 Å². The smallest absolute Gasteiger partial charge is 0.322 e. The van der Waals surface area contributed by atoms with E-state index < -0.39 is 66.7 Å². The van der Waals surface area contributed by atoms with Crippen LogP contribution in [0.5, 0.6) is 5.75 Å². The van der Waals surface area contributed by atoms with Crippen molar-refractivity contribution in [2.75, 3.05) is 13.1 Å². The molecule has 186 valence electrons. The highest BCUT2D eigenvalue weighted by atomic mass is 16.4. The highest BCUT2D eigenvalue weighted by Gasteiger charge is 2.25. The maximum absolute atomic E-state index is 12.7. The Balaban J connectivity index is 2.60. The van der Waals surface area contributed by atoms with Crippen molar-refractivity contribution in [1.29, 1.82) is 0 Å². The van der Waals surface area contributed by atoms with E-state index in [0.29, 0.717) is 5.56 Å². The minimum absolute atomic E-state index is 0.0496. The molecule has 0 radical (unpaired) electrons. The average Bonchev–Trinajstić information content (AvgIpc) is 2.76. The maximum Gasteiger partial charge on any atom is 0.322 e. The van der Waals surface area contributed by atoms with E-state index in [1.807, 2.05) is 0 Å². The van der Waals surface area contributed by atoms with E-state index in [-0.39, 0.29) is 12.2 Å². The Kier molecular flexibility index (Phi) is 11.0. The zero-order valence-corrected chi connectivity index (χ0v) is 19.0. The van der Waals surface area contributed by atoms with E-state index in [9.17, 15) is 33.9 Å². The summed E-state index contributed by atoms with van der Waals surface area (Å²) in [7, 11) is 0. The maximum atomic E-state index is 12.7. The molecule has 3 atom stereocenters. The number of carbonyl (C=O) groups is 6. The number of carbonyl (C=O) groups excluding carboxylic acids is 5. The fourth-order valence-electron chi connectivity index (χ4n) is 2.66. The first kappa shape index (κ1) is 27.9. The normalized spacial score (nSPS) is 12.9. The number of phenols is 1. The molecule has 0 unspecified atom stereocenters. The first-order valence-corrected chi connectivity index (χ1v) is 10.3. The van der Waals surface area contributed by atoms with Gasteiger partial charge in [-0.25, -0.2) is 0 Å². The fraction of sp³-hybridized carbons (Fsp3) is 0.429. The van der Waals surface area contributed by atoms with Gasteiger partial charge in [-0.1, -0.05) is 12.1 Å². The number of aliphatic carboxylic acids is 1. The lowest BCUT2D eigenvalue weighted by Gasteiger charge is -2.22. The molecule has 1 aromatic rings. The van der Waals surface area contributed by atoms with E-state index in [1.54, 1.807) is 12.1 Å². The van der Waals surface area contributed by atoms with Crippen LogP contribution in [0.3, 0.4) is 0 Å². The number of hydrogen-bond donors (Lipinski definition) is 7. The molecule has 1 aromatic carbocycles. The predicted molar refractivity (Wildman–Crippen MR) is 118 cm³/mol. The molecule has 0 aliphatic heterocycles. The van der Waals surface area contributed by atoms with Gasteiger partial charge >= 0.3 is 5.97 Å². The van der Waals surface area contributed by atoms with E-state index in [4.69, 9.17) is 5.11 Å². The summed E-state index contributed by atoms with van der Waals surface area (Å²) in [6, 6.07) is 2.97. The molecule has 0 bridgehead atoms. The molecule has 0 aliphatic carbocycles. The summed E-state index contributed by atoms with van der Waals surface area (Å²) in [5.41, 5.74) is 0.668. The van der Waals surface area contributed by atoms with E-state index in [1.165, 1.54) is 32.9 Å². The van der Waals surface area contributed by atoms with Crippen LogP contribution < -0.4 is 26.6 Å². The Hall–Kier alpha value is -4.16. The molecule has 0 heterocycles. The number of amides is 5. The Morgan fingerprint density at radius 1 is 0.794 bits per heavy atom. The molecule has 34 heavy (non-hydrogen) atoms. The summed E-state index contributed by atoms with van der Waals surface area (Å²) in [4.78, 5) is 70.4. The van der Waals surface area contributed by atoms with Crippen molar-refractivity contribution in [3.63, 3.8) is 0 Å². The van der Waals surface area contributed by atoms with Gasteiger partial charge in [0.25, 0.3) is 0 Å². The predicted octanol–water partition coefficient (Wildman–Crippen LogP) is -2.23. The zero-order chi connectivity index (χ0) is 25.8.